The Morgan fingerprint density at radius 3 is 2.69 bits per heavy atom. The van der Waals surface area contributed by atoms with E-state index in [1.807, 2.05) is 7.28 Å². The molecule has 3 rings (SSSR count). The van der Waals surface area contributed by atoms with E-state index in [0.717, 1.165) is 12.8 Å². The van der Waals surface area contributed by atoms with Crippen LogP contribution in [-0.4, -0.2) is 61.1 Å². The number of aromatic nitrogens is 2. The van der Waals surface area contributed by atoms with Crippen molar-refractivity contribution in [2.24, 2.45) is 0 Å². The Labute approximate surface area is 155 Å². The van der Waals surface area contributed by atoms with E-state index < -0.39 is 29.3 Å². The van der Waals surface area contributed by atoms with Crippen LogP contribution in [0.3, 0.4) is 0 Å². The number of aliphatic hydroxyl groups excluding tert-OH is 2. The Bertz CT molecular complexity index is 782. The van der Waals surface area contributed by atoms with E-state index >= 15 is 0 Å². The van der Waals surface area contributed by atoms with E-state index in [4.69, 9.17) is 20.4 Å². The molecule has 2 N–H and O–H groups in total. The van der Waals surface area contributed by atoms with E-state index in [0.29, 0.717) is 12.0 Å². The summed E-state index contributed by atoms with van der Waals surface area (Å²) in [4.78, 5) is 25.1. The van der Waals surface area contributed by atoms with Crippen molar-refractivity contribution in [3.05, 3.63) is 32.6 Å². The van der Waals surface area contributed by atoms with Gasteiger partial charge < -0.3 is 14.9 Å². The van der Waals surface area contributed by atoms with Gasteiger partial charge in [-0.05, 0) is 13.3 Å². The molecule has 0 bridgehead atoms. The number of unbranched alkanes of at least 4 members (excludes halogenated alkanes) is 1. The molecule has 3 heterocycles. The molecule has 1 aromatic heterocycles. The minimum Gasteiger partial charge on any atom is -0.394 e. The summed E-state index contributed by atoms with van der Waals surface area (Å²) in [6.45, 7) is 1.59. The van der Waals surface area contributed by atoms with Crippen molar-refractivity contribution >= 4 is 23.0 Å². The molecule has 5 atom stereocenters. The van der Waals surface area contributed by atoms with Crippen molar-refractivity contribution < 1.29 is 14.9 Å². The molecule has 0 amide bonds. The van der Waals surface area contributed by atoms with E-state index in [1.165, 1.54) is 15.3 Å². The predicted molar refractivity (Wildman–Crippen MR) is 98.9 cm³/mol. The van der Waals surface area contributed by atoms with Crippen LogP contribution in [0.25, 0.3) is 0 Å². The highest BCUT2D eigenvalue weighted by atomic mass is 16.5. The van der Waals surface area contributed by atoms with Crippen LogP contribution in [0.2, 0.25) is 10.9 Å². The lowest BCUT2D eigenvalue weighted by Crippen LogP contribution is -2.42. The zero-order valence-corrected chi connectivity index (χ0v) is 14.9. The van der Waals surface area contributed by atoms with E-state index in [1.54, 1.807) is 6.92 Å². The second-order valence-electron chi connectivity index (χ2n) is 7.34. The second kappa shape index (κ2) is 7.41. The van der Waals surface area contributed by atoms with Crippen molar-refractivity contribution in [1.82, 2.24) is 9.13 Å². The second-order valence-corrected chi connectivity index (χ2v) is 7.34. The molecule has 7 nitrogen and oxygen atoms in total. The van der Waals surface area contributed by atoms with Gasteiger partial charge in [0.05, 0.1) is 35.7 Å². The number of hydrogen-bond donors (Lipinski definition) is 2. The summed E-state index contributed by atoms with van der Waals surface area (Å²) < 4.78 is 8.06. The highest BCUT2D eigenvalue weighted by Gasteiger charge is 2.44. The summed E-state index contributed by atoms with van der Waals surface area (Å²) >= 11 is 0. The van der Waals surface area contributed by atoms with Gasteiger partial charge in [0.1, 0.15) is 12.3 Å². The van der Waals surface area contributed by atoms with E-state index in [9.17, 15) is 19.8 Å². The Kier molecular flexibility index (Phi) is 5.56. The van der Waals surface area contributed by atoms with Gasteiger partial charge in [-0.1, -0.05) is 12.8 Å². The van der Waals surface area contributed by atoms with Crippen molar-refractivity contribution in [1.29, 1.82) is 0 Å². The van der Waals surface area contributed by atoms with Crippen LogP contribution < -0.4 is 11.2 Å². The zero-order chi connectivity index (χ0) is 19.1. The fourth-order valence-corrected chi connectivity index (χ4v) is 3.45. The Balaban J connectivity index is 1.72. The molecule has 5 radical (unpaired) electrons. The van der Waals surface area contributed by atoms with Crippen LogP contribution >= 0.6 is 0 Å². The maximum Gasteiger partial charge on any atom is 0.333 e. The smallest absolute Gasteiger partial charge is 0.333 e. The van der Waals surface area contributed by atoms with Crippen molar-refractivity contribution in [3.8, 4) is 0 Å². The van der Waals surface area contributed by atoms with Gasteiger partial charge in [0.25, 0.3) is 5.56 Å². The van der Waals surface area contributed by atoms with Crippen LogP contribution in [0.4, 0.5) is 0 Å². The van der Waals surface area contributed by atoms with Crippen LogP contribution in [0, 0.1) is 6.92 Å². The lowest BCUT2D eigenvalue weighted by molar-refractivity contribution is -0.0464. The number of aliphatic hydroxyl groups is 2. The average molecular weight is 355 g/mol. The average Bonchev–Trinajstić information content (AvgIpc) is 3.01. The summed E-state index contributed by atoms with van der Waals surface area (Å²) in [5, 5.41) is 18.7. The SMILES string of the molecule is [B]C1[B]C1([B])CCCCn1c(=O)c(C)cn([C@H]2C[C@H](O)[C@@H](CO)O2)c1=O. The Morgan fingerprint density at radius 1 is 1.42 bits per heavy atom. The molecule has 0 spiro atoms. The highest BCUT2D eigenvalue weighted by Crippen LogP contribution is 2.54. The van der Waals surface area contributed by atoms with Crippen LogP contribution in [0.15, 0.2) is 15.8 Å². The minimum atomic E-state index is -0.850. The first-order valence-corrected chi connectivity index (χ1v) is 8.94. The minimum absolute atomic E-state index is 0.0770. The third kappa shape index (κ3) is 3.73. The van der Waals surface area contributed by atoms with Gasteiger partial charge >= 0.3 is 5.69 Å². The topological polar surface area (TPSA) is 93.7 Å². The quantitative estimate of drug-likeness (QED) is 0.486. The van der Waals surface area contributed by atoms with E-state index in [2.05, 4.69) is 0 Å². The van der Waals surface area contributed by atoms with Gasteiger partial charge in [-0.3, -0.25) is 13.9 Å². The van der Waals surface area contributed by atoms with Gasteiger partial charge in [-0.15, -0.1) is 10.9 Å². The molecule has 0 aromatic carbocycles. The number of ether oxygens (including phenoxy) is 1. The summed E-state index contributed by atoms with van der Waals surface area (Å²) in [6, 6.07) is 0. The summed E-state index contributed by atoms with van der Waals surface area (Å²) in [5.41, 5.74) is -0.469. The van der Waals surface area contributed by atoms with Gasteiger partial charge in [0.2, 0.25) is 0 Å². The van der Waals surface area contributed by atoms with Crippen LogP contribution in [-0.2, 0) is 11.3 Å². The molecule has 2 aliphatic heterocycles. The lowest BCUT2D eigenvalue weighted by Gasteiger charge is -2.18. The molecular weight excluding hydrogens is 333 g/mol. The van der Waals surface area contributed by atoms with Gasteiger partial charge in [-0.25, -0.2) is 4.79 Å². The molecule has 2 unspecified atom stereocenters. The van der Waals surface area contributed by atoms with E-state index in [-0.39, 0.29) is 30.8 Å². The molecule has 10 heteroatoms. The van der Waals surface area contributed by atoms with Gasteiger partial charge in [-0.2, -0.15) is 0 Å². The number of nitrogens with zero attached hydrogens (tertiary/aromatic N) is 2. The largest absolute Gasteiger partial charge is 0.394 e. The molecular formula is C16H22B3N2O5. The number of hydrogen-bond acceptors (Lipinski definition) is 5. The Morgan fingerprint density at radius 2 is 2.12 bits per heavy atom. The molecule has 26 heavy (non-hydrogen) atoms. The van der Waals surface area contributed by atoms with Gasteiger partial charge in [0, 0.05) is 24.7 Å². The van der Waals surface area contributed by atoms with Crippen molar-refractivity contribution in [2.45, 2.75) is 68.5 Å². The maximum absolute atomic E-state index is 12.7. The van der Waals surface area contributed by atoms with Crippen molar-refractivity contribution in [3.63, 3.8) is 0 Å². The highest BCUT2D eigenvalue weighted by molar-refractivity contribution is 6.77. The fraction of sp³-hybridized carbons (Fsp3) is 0.750. The lowest BCUT2D eigenvalue weighted by atomic mass is 9.67. The summed E-state index contributed by atoms with van der Waals surface area (Å²) in [7, 11) is 13.7. The molecule has 2 fully saturated rings. The molecule has 135 valence electrons. The van der Waals surface area contributed by atoms with Crippen LogP contribution in [0.5, 0.6) is 0 Å². The fourth-order valence-electron chi connectivity index (χ4n) is 3.45. The third-order valence-corrected chi connectivity index (χ3v) is 5.30. The monoisotopic (exact) mass is 355 g/mol. The first kappa shape index (κ1) is 19.5. The third-order valence-electron chi connectivity index (χ3n) is 5.30. The summed E-state index contributed by atoms with van der Waals surface area (Å²) in [5.74, 6) is 0. The molecule has 2 aliphatic rings. The molecule has 2 saturated heterocycles. The summed E-state index contributed by atoms with van der Waals surface area (Å²) in [6.07, 6.45) is 1.46. The standard InChI is InChI=1S/C16H22B3N2O5/c1-9-7-21(12-6-10(23)11(8-22)26-12)15(25)20(13(9)24)5-3-2-4-16(18)14(17)19-16/h7,10-12,14,22-23H,2-6,8H2,1H3/t10-,11+,12+,14?,16?/m0/s1. The van der Waals surface area contributed by atoms with Crippen molar-refractivity contribution in [2.75, 3.05) is 6.61 Å². The normalized spacial score (nSPS) is 33.2. The zero-order valence-electron chi connectivity index (χ0n) is 14.9. The molecule has 1 aromatic rings. The molecule has 0 aliphatic carbocycles. The number of aryl methyl sites for hydroxylation is 1. The maximum atomic E-state index is 12.7. The first-order chi connectivity index (χ1) is 12.3. The predicted octanol–water partition coefficient (Wildman–Crippen LogP) is -0.954. The number of rotatable bonds is 7. The van der Waals surface area contributed by atoms with Gasteiger partial charge in [0.15, 0.2) is 0 Å². The van der Waals surface area contributed by atoms with Crippen LogP contribution in [0.1, 0.15) is 37.5 Å². The molecule has 0 saturated carbocycles. The Hall–Kier alpha value is -1.25. The first-order valence-electron chi connectivity index (χ1n) is 8.94.